The molecule has 150 valence electrons. The van der Waals surface area contributed by atoms with Gasteiger partial charge in [-0.3, -0.25) is 10.1 Å². The van der Waals surface area contributed by atoms with Gasteiger partial charge in [0, 0.05) is 17.2 Å². The molecule has 1 aliphatic heterocycles. The number of carbonyl (C=O) groups is 1. The average Bonchev–Trinajstić information content (AvgIpc) is 2.98. The Labute approximate surface area is 183 Å². The first kappa shape index (κ1) is 21.2. The highest BCUT2D eigenvalue weighted by atomic mass is 79.9. The van der Waals surface area contributed by atoms with Gasteiger partial charge in [0.25, 0.3) is 5.69 Å². The van der Waals surface area contributed by atoms with Crippen LogP contribution in [0.25, 0.3) is 6.08 Å². The van der Waals surface area contributed by atoms with Crippen molar-refractivity contribution in [1.29, 1.82) is 0 Å². The first-order chi connectivity index (χ1) is 13.7. The third-order valence-electron chi connectivity index (χ3n) is 3.94. The van der Waals surface area contributed by atoms with Crippen LogP contribution in [0.15, 0.2) is 50.0 Å². The summed E-state index contributed by atoms with van der Waals surface area (Å²) in [6.45, 7) is 5.48. The van der Waals surface area contributed by atoms with Crippen LogP contribution < -0.4 is 4.74 Å². The fraction of sp³-hybridized carbons (Fsp3) is 0.200. The fourth-order valence-corrected chi connectivity index (χ4v) is 4.10. The van der Waals surface area contributed by atoms with E-state index in [1.165, 1.54) is 12.1 Å². The van der Waals surface area contributed by atoms with E-state index in [0.29, 0.717) is 16.9 Å². The minimum absolute atomic E-state index is 0.00662. The number of halogens is 2. The molecule has 0 saturated carbocycles. The van der Waals surface area contributed by atoms with E-state index in [4.69, 9.17) is 9.47 Å². The van der Waals surface area contributed by atoms with Gasteiger partial charge < -0.3 is 9.47 Å². The lowest BCUT2D eigenvalue weighted by atomic mass is 10.1. The molecule has 0 bridgehead atoms. The van der Waals surface area contributed by atoms with Gasteiger partial charge in [0.15, 0.2) is 5.70 Å². The van der Waals surface area contributed by atoms with E-state index in [-0.39, 0.29) is 23.4 Å². The maximum Gasteiger partial charge on any atom is 0.363 e. The van der Waals surface area contributed by atoms with Crippen molar-refractivity contribution < 1.29 is 19.2 Å². The highest BCUT2D eigenvalue weighted by Gasteiger charge is 2.25. The molecule has 0 spiro atoms. The van der Waals surface area contributed by atoms with Crippen LogP contribution in [0.5, 0.6) is 5.75 Å². The molecule has 0 aromatic heterocycles. The largest absolute Gasteiger partial charge is 0.489 e. The summed E-state index contributed by atoms with van der Waals surface area (Å²) in [5.41, 5.74) is 1.79. The summed E-state index contributed by atoms with van der Waals surface area (Å²) >= 11 is 6.95. The van der Waals surface area contributed by atoms with Crippen molar-refractivity contribution >= 4 is 55.5 Å². The first-order valence-electron chi connectivity index (χ1n) is 8.59. The number of nitrogens with zero attached hydrogens (tertiary/aromatic N) is 2. The lowest BCUT2D eigenvalue weighted by Crippen LogP contribution is -2.07. The van der Waals surface area contributed by atoms with E-state index in [1.807, 2.05) is 26.0 Å². The maximum atomic E-state index is 12.2. The van der Waals surface area contributed by atoms with Gasteiger partial charge in [0.2, 0.25) is 5.90 Å². The van der Waals surface area contributed by atoms with Crippen molar-refractivity contribution in [2.45, 2.75) is 26.9 Å². The lowest BCUT2D eigenvalue weighted by Gasteiger charge is -2.14. The van der Waals surface area contributed by atoms with Crippen molar-refractivity contribution in [1.82, 2.24) is 0 Å². The molecule has 29 heavy (non-hydrogen) atoms. The Morgan fingerprint density at radius 1 is 1.21 bits per heavy atom. The normalized spacial score (nSPS) is 14.9. The van der Waals surface area contributed by atoms with E-state index in [9.17, 15) is 14.9 Å². The van der Waals surface area contributed by atoms with E-state index in [0.717, 1.165) is 14.5 Å². The number of aryl methyl sites for hydroxylation is 1. The van der Waals surface area contributed by atoms with Gasteiger partial charge in [0.05, 0.1) is 20.0 Å². The minimum atomic E-state index is -0.592. The Hall–Kier alpha value is -2.52. The zero-order valence-electron chi connectivity index (χ0n) is 15.7. The van der Waals surface area contributed by atoms with Crippen LogP contribution in [-0.2, 0) is 9.53 Å². The number of aliphatic imine (C=N–C) groups is 1. The standard InChI is InChI=1S/C20H16Br2N2O5/c1-10(2)28-18-14(21)7-12(8-15(18)22)9-16-20(25)29-19(23-16)13-4-5-17(24(26)27)11(3)6-13/h4-10H,1-3H3/b16-9-. The molecular weight excluding hydrogens is 508 g/mol. The van der Waals surface area contributed by atoms with Crippen molar-refractivity contribution in [2.24, 2.45) is 4.99 Å². The lowest BCUT2D eigenvalue weighted by molar-refractivity contribution is -0.385. The second-order valence-corrected chi connectivity index (χ2v) is 8.28. The molecule has 0 atom stereocenters. The number of carbonyl (C=O) groups excluding carboxylic acids is 1. The summed E-state index contributed by atoms with van der Waals surface area (Å²) in [7, 11) is 0. The first-order valence-corrected chi connectivity index (χ1v) is 10.2. The third kappa shape index (κ3) is 4.73. The number of nitro benzene ring substituents is 1. The number of hydrogen-bond acceptors (Lipinski definition) is 6. The van der Waals surface area contributed by atoms with Crippen LogP contribution in [0.4, 0.5) is 5.69 Å². The SMILES string of the molecule is Cc1cc(C2=N/C(=C\c3cc(Br)c(OC(C)C)c(Br)c3)C(=O)O2)ccc1[N+](=O)[O-]. The second kappa shape index (κ2) is 8.46. The van der Waals surface area contributed by atoms with Crippen LogP contribution in [0.1, 0.15) is 30.5 Å². The van der Waals surface area contributed by atoms with E-state index in [1.54, 1.807) is 19.1 Å². The van der Waals surface area contributed by atoms with Gasteiger partial charge in [-0.05, 0) is 88.5 Å². The molecule has 3 rings (SSSR count). The van der Waals surface area contributed by atoms with Crippen LogP contribution in [0, 0.1) is 17.0 Å². The Morgan fingerprint density at radius 2 is 1.86 bits per heavy atom. The Bertz CT molecular complexity index is 1050. The molecule has 0 radical (unpaired) electrons. The third-order valence-corrected chi connectivity index (χ3v) is 5.12. The van der Waals surface area contributed by atoms with Crippen LogP contribution in [0.3, 0.4) is 0 Å². The number of hydrogen-bond donors (Lipinski definition) is 0. The fourth-order valence-electron chi connectivity index (χ4n) is 2.69. The van der Waals surface area contributed by atoms with Gasteiger partial charge in [-0.1, -0.05) is 0 Å². The molecule has 9 heteroatoms. The summed E-state index contributed by atoms with van der Waals surface area (Å²) in [6, 6.07) is 8.06. The van der Waals surface area contributed by atoms with Gasteiger partial charge >= 0.3 is 5.97 Å². The minimum Gasteiger partial charge on any atom is -0.489 e. The van der Waals surface area contributed by atoms with Crippen molar-refractivity contribution in [3.63, 3.8) is 0 Å². The molecule has 0 saturated heterocycles. The molecule has 2 aromatic carbocycles. The number of nitro groups is 1. The molecule has 7 nitrogen and oxygen atoms in total. The summed E-state index contributed by atoms with van der Waals surface area (Å²) in [6.07, 6.45) is 1.61. The monoisotopic (exact) mass is 522 g/mol. The molecule has 0 N–H and O–H groups in total. The topological polar surface area (TPSA) is 91.0 Å². The number of benzene rings is 2. The summed E-state index contributed by atoms with van der Waals surface area (Å²) in [5, 5.41) is 11.0. The average molecular weight is 524 g/mol. The Kier molecular flexibility index (Phi) is 6.18. The van der Waals surface area contributed by atoms with Crippen LogP contribution >= 0.6 is 31.9 Å². The number of esters is 1. The zero-order chi connectivity index (χ0) is 21.3. The van der Waals surface area contributed by atoms with E-state index in [2.05, 4.69) is 36.9 Å². The van der Waals surface area contributed by atoms with Crippen LogP contribution in [-0.4, -0.2) is 22.9 Å². The Morgan fingerprint density at radius 3 is 2.41 bits per heavy atom. The van der Waals surface area contributed by atoms with Crippen molar-refractivity contribution in [3.8, 4) is 5.75 Å². The van der Waals surface area contributed by atoms with Crippen molar-refractivity contribution in [2.75, 3.05) is 0 Å². The summed E-state index contributed by atoms with van der Waals surface area (Å²) < 4.78 is 12.5. The van der Waals surface area contributed by atoms with Gasteiger partial charge in [-0.15, -0.1) is 0 Å². The van der Waals surface area contributed by atoms with Crippen molar-refractivity contribution in [3.05, 3.63) is 71.8 Å². The zero-order valence-corrected chi connectivity index (χ0v) is 18.9. The van der Waals surface area contributed by atoms with Gasteiger partial charge in [-0.2, -0.15) is 0 Å². The van der Waals surface area contributed by atoms with Gasteiger partial charge in [-0.25, -0.2) is 9.79 Å². The number of ether oxygens (including phenoxy) is 2. The van der Waals surface area contributed by atoms with E-state index >= 15 is 0 Å². The van der Waals surface area contributed by atoms with Gasteiger partial charge in [0.1, 0.15) is 5.75 Å². The molecular formula is C20H16Br2N2O5. The number of cyclic esters (lactones) is 1. The predicted molar refractivity (Wildman–Crippen MR) is 116 cm³/mol. The second-order valence-electron chi connectivity index (χ2n) is 6.57. The molecule has 0 amide bonds. The predicted octanol–water partition coefficient (Wildman–Crippen LogP) is 5.56. The van der Waals surface area contributed by atoms with E-state index < -0.39 is 10.9 Å². The molecule has 1 aliphatic rings. The highest BCUT2D eigenvalue weighted by molar-refractivity contribution is 9.11. The highest BCUT2D eigenvalue weighted by Crippen LogP contribution is 2.36. The molecule has 2 aromatic rings. The van der Waals surface area contributed by atoms with Crippen LogP contribution in [0.2, 0.25) is 0 Å². The molecule has 1 heterocycles. The molecule has 0 unspecified atom stereocenters. The molecule has 0 fully saturated rings. The quantitative estimate of drug-likeness (QED) is 0.221. The number of rotatable bonds is 5. The smallest absolute Gasteiger partial charge is 0.363 e. The summed E-state index contributed by atoms with van der Waals surface area (Å²) in [5.74, 6) is 0.185. The molecule has 0 aliphatic carbocycles. The Balaban J connectivity index is 1.93. The summed E-state index contributed by atoms with van der Waals surface area (Å²) in [4.78, 5) is 27.0. The maximum absolute atomic E-state index is 12.2.